The van der Waals surface area contributed by atoms with E-state index in [1.54, 1.807) is 37.4 Å². The Morgan fingerprint density at radius 2 is 1.59 bits per heavy atom. The standard InChI is InChI=1S/C26H29IN2O4S/c1-19(2)17-25(20-9-15-23(33-3)16-10-20)28-26(30)18-29(22-13-11-21(27)12-14-22)34(31,32)24-7-5-4-6-8-24/h4-16,19,25H,17-18H2,1-3H3,(H,28,30). The van der Waals surface area contributed by atoms with Crippen molar-refractivity contribution in [3.05, 3.63) is 88.0 Å². The third-order valence-electron chi connectivity index (χ3n) is 5.29. The van der Waals surface area contributed by atoms with E-state index in [0.717, 1.165) is 19.2 Å². The van der Waals surface area contributed by atoms with Crippen molar-refractivity contribution in [1.82, 2.24) is 5.32 Å². The van der Waals surface area contributed by atoms with Crippen molar-refractivity contribution in [2.45, 2.75) is 31.2 Å². The summed E-state index contributed by atoms with van der Waals surface area (Å²) in [7, 11) is -2.34. The number of carbonyl (C=O) groups excluding carboxylic acids is 1. The number of sulfonamides is 1. The van der Waals surface area contributed by atoms with Crippen molar-refractivity contribution in [2.24, 2.45) is 5.92 Å². The molecule has 0 aliphatic heterocycles. The molecule has 0 aliphatic rings. The average molecular weight is 592 g/mol. The minimum absolute atomic E-state index is 0.134. The van der Waals surface area contributed by atoms with Crippen LogP contribution in [0, 0.1) is 9.49 Å². The summed E-state index contributed by atoms with van der Waals surface area (Å²) in [6.45, 7) is 3.84. The van der Waals surface area contributed by atoms with Crippen molar-refractivity contribution in [2.75, 3.05) is 18.0 Å². The van der Waals surface area contributed by atoms with Crippen LogP contribution >= 0.6 is 22.6 Å². The number of rotatable bonds is 10. The molecule has 1 atom stereocenters. The average Bonchev–Trinajstić information content (AvgIpc) is 2.83. The number of anilines is 1. The van der Waals surface area contributed by atoms with Gasteiger partial charge in [0, 0.05) is 3.57 Å². The van der Waals surface area contributed by atoms with Gasteiger partial charge in [-0.05, 0) is 89.0 Å². The lowest BCUT2D eigenvalue weighted by Gasteiger charge is -2.26. The highest BCUT2D eigenvalue weighted by molar-refractivity contribution is 14.1. The molecule has 0 saturated carbocycles. The van der Waals surface area contributed by atoms with Crippen LogP contribution in [0.5, 0.6) is 5.75 Å². The van der Waals surface area contributed by atoms with Gasteiger partial charge < -0.3 is 10.1 Å². The minimum atomic E-state index is -3.94. The molecule has 3 aromatic carbocycles. The number of nitrogens with one attached hydrogen (secondary N) is 1. The van der Waals surface area contributed by atoms with Gasteiger partial charge in [0.05, 0.1) is 23.7 Å². The molecule has 0 radical (unpaired) electrons. The fraction of sp³-hybridized carbons (Fsp3) is 0.269. The normalized spacial score (nSPS) is 12.3. The number of amides is 1. The minimum Gasteiger partial charge on any atom is -0.497 e. The first kappa shape index (κ1) is 26.0. The second-order valence-corrected chi connectivity index (χ2v) is 11.4. The maximum atomic E-state index is 13.5. The Bertz CT molecular complexity index is 1180. The highest BCUT2D eigenvalue weighted by Crippen LogP contribution is 2.26. The predicted octanol–water partition coefficient (Wildman–Crippen LogP) is 5.40. The third-order valence-corrected chi connectivity index (χ3v) is 7.80. The van der Waals surface area contributed by atoms with Crippen LogP contribution in [0.1, 0.15) is 31.9 Å². The number of nitrogens with zero attached hydrogens (tertiary/aromatic N) is 1. The topological polar surface area (TPSA) is 75.7 Å². The maximum Gasteiger partial charge on any atom is 0.264 e. The molecule has 1 amide bonds. The molecule has 0 aliphatic carbocycles. The molecule has 0 fully saturated rings. The van der Waals surface area contributed by atoms with Crippen LogP contribution in [0.25, 0.3) is 0 Å². The van der Waals surface area contributed by atoms with E-state index < -0.39 is 10.0 Å². The summed E-state index contributed by atoms with van der Waals surface area (Å²) < 4.78 is 34.3. The molecule has 8 heteroatoms. The maximum absolute atomic E-state index is 13.5. The lowest BCUT2D eigenvalue weighted by molar-refractivity contribution is -0.120. The van der Waals surface area contributed by atoms with Gasteiger partial charge in [-0.3, -0.25) is 9.10 Å². The molecule has 0 spiro atoms. The van der Waals surface area contributed by atoms with E-state index in [9.17, 15) is 13.2 Å². The summed E-state index contributed by atoms with van der Waals surface area (Å²) in [6, 6.07) is 22.5. The van der Waals surface area contributed by atoms with Gasteiger partial charge in [-0.15, -0.1) is 0 Å². The van der Waals surface area contributed by atoms with Gasteiger partial charge in [-0.1, -0.05) is 44.2 Å². The Morgan fingerprint density at radius 1 is 0.971 bits per heavy atom. The van der Waals surface area contributed by atoms with E-state index >= 15 is 0 Å². The van der Waals surface area contributed by atoms with Crippen LogP contribution in [0.2, 0.25) is 0 Å². The summed E-state index contributed by atoms with van der Waals surface area (Å²) in [5, 5.41) is 3.05. The van der Waals surface area contributed by atoms with Crippen molar-refractivity contribution >= 4 is 44.2 Å². The smallest absolute Gasteiger partial charge is 0.264 e. The van der Waals surface area contributed by atoms with Gasteiger partial charge in [0.25, 0.3) is 10.0 Å². The Morgan fingerprint density at radius 3 is 2.15 bits per heavy atom. The molecule has 1 N–H and O–H groups in total. The Labute approximate surface area is 215 Å². The largest absolute Gasteiger partial charge is 0.497 e. The van der Waals surface area contributed by atoms with E-state index in [1.165, 1.54) is 12.1 Å². The Balaban J connectivity index is 1.89. The number of carbonyl (C=O) groups is 1. The second-order valence-electron chi connectivity index (χ2n) is 8.32. The Hall–Kier alpha value is -2.59. The zero-order chi connectivity index (χ0) is 24.7. The summed E-state index contributed by atoms with van der Waals surface area (Å²) in [4.78, 5) is 13.4. The van der Waals surface area contributed by atoms with E-state index in [0.29, 0.717) is 18.0 Å². The Kier molecular flexibility index (Phi) is 8.96. The second kappa shape index (κ2) is 11.7. The van der Waals surface area contributed by atoms with Crippen molar-refractivity contribution in [3.63, 3.8) is 0 Å². The number of methoxy groups -OCH3 is 1. The van der Waals surface area contributed by atoms with Crippen LogP contribution in [0.4, 0.5) is 5.69 Å². The van der Waals surface area contributed by atoms with Crippen molar-refractivity contribution < 1.29 is 17.9 Å². The molecule has 34 heavy (non-hydrogen) atoms. The SMILES string of the molecule is COc1ccc(C(CC(C)C)NC(=O)CN(c2ccc(I)cc2)S(=O)(=O)c2ccccc2)cc1. The molecule has 0 bridgehead atoms. The first-order chi connectivity index (χ1) is 16.2. The fourth-order valence-electron chi connectivity index (χ4n) is 3.60. The van der Waals surface area contributed by atoms with Gasteiger partial charge in [-0.2, -0.15) is 0 Å². The van der Waals surface area contributed by atoms with Crippen LogP contribution in [0.15, 0.2) is 83.8 Å². The van der Waals surface area contributed by atoms with E-state index in [4.69, 9.17) is 4.74 Å². The van der Waals surface area contributed by atoms with Gasteiger partial charge in [-0.25, -0.2) is 8.42 Å². The predicted molar refractivity (Wildman–Crippen MR) is 143 cm³/mol. The number of hydrogen-bond donors (Lipinski definition) is 1. The van der Waals surface area contributed by atoms with Crippen molar-refractivity contribution in [1.29, 1.82) is 0 Å². The quantitative estimate of drug-likeness (QED) is 0.320. The molecular weight excluding hydrogens is 563 g/mol. The number of hydrogen-bond acceptors (Lipinski definition) is 4. The highest BCUT2D eigenvalue weighted by Gasteiger charge is 2.28. The van der Waals surface area contributed by atoms with Gasteiger partial charge in [0.2, 0.25) is 5.91 Å². The third kappa shape index (κ3) is 6.73. The van der Waals surface area contributed by atoms with Crippen LogP contribution in [-0.4, -0.2) is 28.0 Å². The van der Waals surface area contributed by atoms with Gasteiger partial charge in [0.15, 0.2) is 0 Å². The molecule has 1 unspecified atom stereocenters. The first-order valence-corrected chi connectivity index (χ1v) is 13.5. The highest BCUT2D eigenvalue weighted by atomic mass is 127. The summed E-state index contributed by atoms with van der Waals surface area (Å²) >= 11 is 2.16. The van der Waals surface area contributed by atoms with Crippen molar-refractivity contribution in [3.8, 4) is 5.75 Å². The van der Waals surface area contributed by atoms with E-state index in [-0.39, 0.29) is 23.4 Å². The van der Waals surface area contributed by atoms with Gasteiger partial charge in [0.1, 0.15) is 12.3 Å². The van der Waals surface area contributed by atoms with Crippen LogP contribution < -0.4 is 14.4 Å². The number of ether oxygens (including phenoxy) is 1. The first-order valence-electron chi connectivity index (χ1n) is 11.0. The summed E-state index contributed by atoms with van der Waals surface area (Å²) in [6.07, 6.45) is 0.715. The lowest BCUT2D eigenvalue weighted by Crippen LogP contribution is -2.42. The summed E-state index contributed by atoms with van der Waals surface area (Å²) in [5.41, 5.74) is 1.37. The zero-order valence-corrected chi connectivity index (χ0v) is 22.4. The summed E-state index contributed by atoms with van der Waals surface area (Å²) in [5.74, 6) is 0.685. The number of halogens is 1. The van der Waals surface area contributed by atoms with Crippen LogP contribution in [0.3, 0.4) is 0 Å². The molecular formula is C26H29IN2O4S. The van der Waals surface area contributed by atoms with E-state index in [1.807, 2.05) is 36.4 Å². The molecule has 3 rings (SSSR count). The molecule has 0 saturated heterocycles. The monoisotopic (exact) mass is 592 g/mol. The molecule has 0 aromatic heterocycles. The lowest BCUT2D eigenvalue weighted by atomic mass is 9.97. The van der Waals surface area contributed by atoms with Gasteiger partial charge >= 0.3 is 0 Å². The molecule has 6 nitrogen and oxygen atoms in total. The molecule has 0 heterocycles. The molecule has 3 aromatic rings. The van der Waals surface area contributed by atoms with Crippen LogP contribution in [-0.2, 0) is 14.8 Å². The van der Waals surface area contributed by atoms with E-state index in [2.05, 4.69) is 41.8 Å². The fourth-order valence-corrected chi connectivity index (χ4v) is 5.40. The number of benzene rings is 3. The zero-order valence-electron chi connectivity index (χ0n) is 19.4. The molecule has 180 valence electrons.